The number of nitrogens with zero attached hydrogens (tertiary/aromatic N) is 1. The third kappa shape index (κ3) is 8.01. The minimum atomic E-state index is -0.712. The van der Waals surface area contributed by atoms with Gasteiger partial charge in [0.1, 0.15) is 11.6 Å². The van der Waals surface area contributed by atoms with Crippen molar-refractivity contribution in [3.05, 3.63) is 61.2 Å². The van der Waals surface area contributed by atoms with Crippen LogP contribution in [0.25, 0.3) is 0 Å². The molecule has 5 nitrogen and oxygen atoms in total. The molecule has 0 aliphatic heterocycles. The third-order valence-electron chi connectivity index (χ3n) is 3.52. The van der Waals surface area contributed by atoms with Crippen molar-refractivity contribution in [1.82, 2.24) is 10.2 Å². The van der Waals surface area contributed by atoms with Gasteiger partial charge in [0.2, 0.25) is 5.91 Å². The Bertz CT molecular complexity index is 605. The summed E-state index contributed by atoms with van der Waals surface area (Å²) in [5.41, 5.74) is 0.401. The zero-order valence-electron chi connectivity index (χ0n) is 16.0. The van der Waals surface area contributed by atoms with Gasteiger partial charge in [-0.25, -0.2) is 4.79 Å². The highest BCUT2D eigenvalue weighted by molar-refractivity contribution is 5.86. The second-order valence-corrected chi connectivity index (χ2v) is 7.05. The predicted molar refractivity (Wildman–Crippen MR) is 105 cm³/mol. The summed E-state index contributed by atoms with van der Waals surface area (Å²) in [5.74, 6) is -0.165. The maximum absolute atomic E-state index is 13.0. The van der Waals surface area contributed by atoms with Crippen LogP contribution in [0.3, 0.4) is 0 Å². The Morgan fingerprint density at radius 2 is 1.85 bits per heavy atom. The molecule has 0 saturated heterocycles. The van der Waals surface area contributed by atoms with Crippen LogP contribution in [-0.4, -0.2) is 35.1 Å². The first kappa shape index (κ1) is 21.5. The Balaban J connectivity index is 2.89. The van der Waals surface area contributed by atoms with E-state index in [1.807, 2.05) is 30.3 Å². The van der Waals surface area contributed by atoms with Gasteiger partial charge in [-0.1, -0.05) is 42.5 Å². The number of ether oxygens (including phenoxy) is 1. The van der Waals surface area contributed by atoms with Crippen LogP contribution in [0.5, 0.6) is 0 Å². The lowest BCUT2D eigenvalue weighted by atomic mass is 10.1. The van der Waals surface area contributed by atoms with E-state index >= 15 is 0 Å². The number of amides is 2. The smallest absolute Gasteiger partial charge is 0.408 e. The largest absolute Gasteiger partial charge is 0.444 e. The lowest BCUT2D eigenvalue weighted by Gasteiger charge is -2.28. The van der Waals surface area contributed by atoms with Crippen LogP contribution in [0.1, 0.15) is 39.2 Å². The normalized spacial score (nSPS) is 12.0. The second kappa shape index (κ2) is 10.4. The third-order valence-corrected chi connectivity index (χ3v) is 3.52. The standard InChI is InChI=1S/C21H30N2O3/c1-6-8-15-23(16-17-13-10-9-11-14-17)19(24)18(12-7-2)22-20(25)26-21(3,4)5/h6-7,9-11,13-14,18H,1-2,8,12,15-16H2,3-5H3,(H,22,25)/t18-/m1/s1. The van der Waals surface area contributed by atoms with Crippen molar-refractivity contribution in [3.8, 4) is 0 Å². The van der Waals surface area contributed by atoms with Crippen LogP contribution >= 0.6 is 0 Å². The number of hydrogen-bond acceptors (Lipinski definition) is 3. The van der Waals surface area contributed by atoms with Gasteiger partial charge in [-0.05, 0) is 39.2 Å². The second-order valence-electron chi connectivity index (χ2n) is 7.05. The van der Waals surface area contributed by atoms with Crippen molar-refractivity contribution in [2.75, 3.05) is 6.54 Å². The van der Waals surface area contributed by atoms with E-state index in [1.165, 1.54) is 0 Å². The quantitative estimate of drug-likeness (QED) is 0.677. The summed E-state index contributed by atoms with van der Waals surface area (Å²) in [5, 5.41) is 2.67. The van der Waals surface area contributed by atoms with Gasteiger partial charge in [0.25, 0.3) is 0 Å². The summed E-state index contributed by atoms with van der Waals surface area (Å²) in [4.78, 5) is 26.8. The number of rotatable bonds is 9. The molecule has 1 rings (SSSR count). The van der Waals surface area contributed by atoms with E-state index in [0.29, 0.717) is 25.9 Å². The Hall–Kier alpha value is -2.56. The van der Waals surface area contributed by atoms with Gasteiger partial charge in [0.05, 0.1) is 0 Å². The summed E-state index contributed by atoms with van der Waals surface area (Å²) < 4.78 is 5.27. The van der Waals surface area contributed by atoms with Crippen molar-refractivity contribution in [3.63, 3.8) is 0 Å². The Morgan fingerprint density at radius 1 is 1.19 bits per heavy atom. The lowest BCUT2D eigenvalue weighted by molar-refractivity contribution is -0.134. The molecule has 0 radical (unpaired) electrons. The van der Waals surface area contributed by atoms with E-state index in [2.05, 4.69) is 18.5 Å². The topological polar surface area (TPSA) is 58.6 Å². The maximum Gasteiger partial charge on any atom is 0.408 e. The zero-order valence-corrected chi connectivity index (χ0v) is 16.0. The molecular weight excluding hydrogens is 328 g/mol. The van der Waals surface area contributed by atoms with Gasteiger partial charge in [0.15, 0.2) is 0 Å². The van der Waals surface area contributed by atoms with Crippen LogP contribution in [0.4, 0.5) is 4.79 Å². The Morgan fingerprint density at radius 3 is 2.38 bits per heavy atom. The van der Waals surface area contributed by atoms with Crippen LogP contribution in [0.2, 0.25) is 0 Å². The Kier molecular flexibility index (Phi) is 8.62. The monoisotopic (exact) mass is 358 g/mol. The van der Waals surface area contributed by atoms with Crippen molar-refractivity contribution in [2.24, 2.45) is 0 Å². The number of nitrogens with one attached hydrogen (secondary N) is 1. The fraction of sp³-hybridized carbons (Fsp3) is 0.429. The highest BCUT2D eigenvalue weighted by Gasteiger charge is 2.27. The van der Waals surface area contributed by atoms with Crippen molar-refractivity contribution >= 4 is 12.0 Å². The number of alkyl carbamates (subject to hydrolysis) is 1. The molecular formula is C21H30N2O3. The van der Waals surface area contributed by atoms with Gasteiger partial charge in [-0.3, -0.25) is 4.79 Å². The SMILES string of the molecule is C=CCCN(Cc1ccccc1)C(=O)[C@@H](CC=C)NC(=O)OC(C)(C)C. The van der Waals surface area contributed by atoms with Crippen LogP contribution in [0, 0.1) is 0 Å². The van der Waals surface area contributed by atoms with E-state index < -0.39 is 17.7 Å². The first-order chi connectivity index (χ1) is 12.3. The van der Waals surface area contributed by atoms with E-state index in [4.69, 9.17) is 4.74 Å². The molecule has 0 unspecified atom stereocenters. The lowest BCUT2D eigenvalue weighted by Crippen LogP contribution is -2.49. The van der Waals surface area contributed by atoms with Gasteiger partial charge >= 0.3 is 6.09 Å². The van der Waals surface area contributed by atoms with E-state index in [1.54, 1.807) is 37.8 Å². The molecule has 1 aromatic rings. The van der Waals surface area contributed by atoms with Crippen LogP contribution in [-0.2, 0) is 16.1 Å². The van der Waals surface area contributed by atoms with Crippen molar-refractivity contribution < 1.29 is 14.3 Å². The molecule has 0 spiro atoms. The summed E-state index contributed by atoms with van der Waals surface area (Å²) in [6.45, 7) is 13.8. The molecule has 0 aliphatic carbocycles. The molecule has 0 saturated carbocycles. The molecule has 0 aromatic heterocycles. The molecule has 1 atom stereocenters. The average Bonchev–Trinajstić information content (AvgIpc) is 2.57. The first-order valence-corrected chi connectivity index (χ1v) is 8.81. The van der Waals surface area contributed by atoms with Crippen molar-refractivity contribution in [1.29, 1.82) is 0 Å². The van der Waals surface area contributed by atoms with Crippen LogP contribution < -0.4 is 5.32 Å². The molecule has 0 aliphatic rings. The maximum atomic E-state index is 13.0. The van der Waals surface area contributed by atoms with Crippen LogP contribution in [0.15, 0.2) is 55.6 Å². The van der Waals surface area contributed by atoms with E-state index in [-0.39, 0.29) is 5.91 Å². The zero-order chi connectivity index (χ0) is 19.6. The number of benzene rings is 1. The number of hydrogen-bond donors (Lipinski definition) is 1. The predicted octanol–water partition coefficient (Wildman–Crippen LogP) is 4.06. The molecule has 1 N–H and O–H groups in total. The van der Waals surface area contributed by atoms with E-state index in [9.17, 15) is 9.59 Å². The van der Waals surface area contributed by atoms with Gasteiger partial charge < -0.3 is 15.0 Å². The van der Waals surface area contributed by atoms with Crippen molar-refractivity contribution in [2.45, 2.75) is 51.8 Å². The highest BCUT2D eigenvalue weighted by Crippen LogP contribution is 2.11. The first-order valence-electron chi connectivity index (χ1n) is 8.81. The molecule has 0 bridgehead atoms. The highest BCUT2D eigenvalue weighted by atomic mass is 16.6. The molecule has 26 heavy (non-hydrogen) atoms. The molecule has 0 fully saturated rings. The molecule has 2 amide bonds. The number of carbonyl (C=O) groups excluding carboxylic acids is 2. The molecule has 5 heteroatoms. The van der Waals surface area contributed by atoms with Gasteiger partial charge in [-0.15, -0.1) is 13.2 Å². The molecule has 1 aromatic carbocycles. The summed E-state index contributed by atoms with van der Waals surface area (Å²) in [6, 6.07) is 9.04. The number of carbonyl (C=O) groups is 2. The average molecular weight is 358 g/mol. The minimum Gasteiger partial charge on any atom is -0.444 e. The Labute approximate surface area is 156 Å². The molecule has 142 valence electrons. The fourth-order valence-electron chi connectivity index (χ4n) is 2.38. The summed E-state index contributed by atoms with van der Waals surface area (Å²) >= 11 is 0. The van der Waals surface area contributed by atoms with E-state index in [0.717, 1.165) is 5.56 Å². The minimum absolute atomic E-state index is 0.165. The van der Waals surface area contributed by atoms with Gasteiger partial charge in [0, 0.05) is 13.1 Å². The van der Waals surface area contributed by atoms with Gasteiger partial charge in [-0.2, -0.15) is 0 Å². The fourth-order valence-corrected chi connectivity index (χ4v) is 2.38. The summed E-state index contributed by atoms with van der Waals surface area (Å²) in [7, 11) is 0. The molecule has 0 heterocycles. The summed E-state index contributed by atoms with van der Waals surface area (Å²) in [6.07, 6.45) is 3.79.